The molecule has 3 rings (SSSR count). The Hall–Kier alpha value is -2.35. The highest BCUT2D eigenvalue weighted by Crippen LogP contribution is 2.24. The molecule has 94 valence electrons. The molecule has 0 fully saturated rings. The van der Waals surface area contributed by atoms with Crippen LogP contribution in [0.5, 0.6) is 0 Å². The van der Waals surface area contributed by atoms with Gasteiger partial charge in [0.2, 0.25) is 11.1 Å². The third kappa shape index (κ3) is 2.58. The number of hydrogen-bond acceptors (Lipinski definition) is 6. The van der Waals surface area contributed by atoms with Gasteiger partial charge in [0.25, 0.3) is 0 Å². The summed E-state index contributed by atoms with van der Waals surface area (Å²) in [6.45, 7) is 0. The summed E-state index contributed by atoms with van der Waals surface area (Å²) in [6.07, 6.45) is 1.16. The van der Waals surface area contributed by atoms with E-state index in [0.29, 0.717) is 10.2 Å². The molecule has 8 heteroatoms. The maximum absolute atomic E-state index is 13.0. The van der Waals surface area contributed by atoms with Crippen molar-refractivity contribution in [2.45, 2.75) is 10.2 Å². The first-order chi connectivity index (χ1) is 9.33. The van der Waals surface area contributed by atoms with Gasteiger partial charge < -0.3 is 0 Å². The lowest BCUT2D eigenvalue weighted by molar-refractivity contribution is 0.572. The van der Waals surface area contributed by atoms with Gasteiger partial charge in [0, 0.05) is 6.07 Å². The van der Waals surface area contributed by atoms with Crippen LogP contribution in [0, 0.1) is 5.95 Å². The van der Waals surface area contributed by atoms with Gasteiger partial charge in [-0.05, 0) is 34.3 Å². The van der Waals surface area contributed by atoms with Crippen molar-refractivity contribution in [3.63, 3.8) is 0 Å². The molecule has 0 aliphatic carbocycles. The Balaban J connectivity index is 1.93. The van der Waals surface area contributed by atoms with Crippen LogP contribution in [0.15, 0.2) is 52.9 Å². The number of halogens is 1. The van der Waals surface area contributed by atoms with Gasteiger partial charge in [0.05, 0.1) is 5.69 Å². The molecule has 1 aromatic carbocycles. The molecular formula is C11H7FN6S. The predicted molar refractivity (Wildman–Crippen MR) is 65.3 cm³/mol. The van der Waals surface area contributed by atoms with E-state index in [2.05, 4.69) is 25.5 Å². The van der Waals surface area contributed by atoms with Crippen molar-refractivity contribution in [1.29, 1.82) is 0 Å². The van der Waals surface area contributed by atoms with Gasteiger partial charge in [-0.2, -0.15) is 9.07 Å². The van der Waals surface area contributed by atoms with Crippen LogP contribution in [0.4, 0.5) is 4.39 Å². The van der Waals surface area contributed by atoms with Gasteiger partial charge in [0.1, 0.15) is 11.4 Å². The maximum atomic E-state index is 13.0. The first-order valence-corrected chi connectivity index (χ1v) is 6.14. The van der Waals surface area contributed by atoms with Gasteiger partial charge in [-0.1, -0.05) is 18.2 Å². The van der Waals surface area contributed by atoms with Crippen molar-refractivity contribution in [3.05, 3.63) is 48.7 Å². The van der Waals surface area contributed by atoms with Crippen LogP contribution < -0.4 is 0 Å². The molecule has 6 nitrogen and oxygen atoms in total. The fraction of sp³-hybridized carbons (Fsp3) is 0. The Morgan fingerprint density at radius 2 is 1.95 bits per heavy atom. The summed E-state index contributed by atoms with van der Waals surface area (Å²) in [5, 5.41) is 12.4. The van der Waals surface area contributed by atoms with E-state index < -0.39 is 5.95 Å². The fourth-order valence-electron chi connectivity index (χ4n) is 1.44. The minimum Gasteiger partial charge on any atom is -0.229 e. The van der Waals surface area contributed by atoms with Crippen molar-refractivity contribution in [1.82, 2.24) is 30.2 Å². The first kappa shape index (κ1) is 11.7. The van der Waals surface area contributed by atoms with Crippen molar-refractivity contribution < 1.29 is 4.39 Å². The second-order valence-electron chi connectivity index (χ2n) is 3.49. The molecule has 0 atom stereocenters. The van der Waals surface area contributed by atoms with E-state index in [1.807, 2.05) is 30.3 Å². The molecule has 3 aromatic rings. The Bertz CT molecular complexity index is 686. The molecule has 0 aliphatic heterocycles. The minimum absolute atomic E-state index is 0.444. The molecule has 2 aromatic heterocycles. The number of para-hydroxylation sites is 1. The highest BCUT2D eigenvalue weighted by Gasteiger charge is 2.11. The van der Waals surface area contributed by atoms with Crippen LogP contribution in [0.3, 0.4) is 0 Å². The van der Waals surface area contributed by atoms with E-state index in [9.17, 15) is 4.39 Å². The predicted octanol–water partition coefficient (Wildman–Crippen LogP) is 1.74. The average Bonchev–Trinajstić information content (AvgIpc) is 2.88. The molecule has 0 aliphatic rings. The SMILES string of the molecule is Fc1cc(Sc2nnnn2-c2ccccc2)ncn1. The number of rotatable bonds is 3. The summed E-state index contributed by atoms with van der Waals surface area (Å²) >= 11 is 1.17. The van der Waals surface area contributed by atoms with E-state index in [4.69, 9.17) is 0 Å². The van der Waals surface area contributed by atoms with Crippen molar-refractivity contribution in [2.24, 2.45) is 0 Å². The standard InChI is InChI=1S/C11H7FN6S/c12-9-6-10(14-7-13-9)19-11-15-16-17-18(11)8-4-2-1-3-5-8/h1-7H. The highest BCUT2D eigenvalue weighted by atomic mass is 32.2. The zero-order valence-corrected chi connectivity index (χ0v) is 10.3. The quantitative estimate of drug-likeness (QED) is 0.678. The van der Waals surface area contributed by atoms with E-state index in [1.54, 1.807) is 4.68 Å². The van der Waals surface area contributed by atoms with Crippen LogP contribution >= 0.6 is 11.8 Å². The van der Waals surface area contributed by atoms with Crippen LogP contribution in [0.25, 0.3) is 5.69 Å². The van der Waals surface area contributed by atoms with Crippen LogP contribution in [-0.2, 0) is 0 Å². The van der Waals surface area contributed by atoms with Gasteiger partial charge in [-0.3, -0.25) is 0 Å². The molecule has 0 amide bonds. The topological polar surface area (TPSA) is 69.4 Å². The Kier molecular flexibility index (Phi) is 3.15. The highest BCUT2D eigenvalue weighted by molar-refractivity contribution is 7.99. The summed E-state index contributed by atoms with van der Waals surface area (Å²) in [5.74, 6) is -0.587. The third-order valence-electron chi connectivity index (χ3n) is 2.25. The van der Waals surface area contributed by atoms with E-state index in [-0.39, 0.29) is 0 Å². The van der Waals surface area contributed by atoms with Crippen LogP contribution in [-0.4, -0.2) is 30.2 Å². The van der Waals surface area contributed by atoms with E-state index in [1.165, 1.54) is 17.8 Å². The number of hydrogen-bond donors (Lipinski definition) is 0. The Labute approximate surface area is 111 Å². The number of nitrogens with zero attached hydrogens (tertiary/aromatic N) is 6. The zero-order valence-electron chi connectivity index (χ0n) is 9.51. The molecule has 2 heterocycles. The zero-order chi connectivity index (χ0) is 13.1. The number of benzene rings is 1. The third-order valence-corrected chi connectivity index (χ3v) is 3.12. The molecule has 0 saturated carbocycles. The molecule has 0 unspecified atom stereocenters. The largest absolute Gasteiger partial charge is 0.229 e. The summed E-state index contributed by atoms with van der Waals surface area (Å²) in [4.78, 5) is 7.35. The van der Waals surface area contributed by atoms with Gasteiger partial charge >= 0.3 is 0 Å². The summed E-state index contributed by atoms with van der Waals surface area (Å²) in [5.41, 5.74) is 0.824. The van der Waals surface area contributed by atoms with Crippen molar-refractivity contribution >= 4 is 11.8 Å². The fourth-order valence-corrected chi connectivity index (χ4v) is 2.19. The monoisotopic (exact) mass is 274 g/mol. The van der Waals surface area contributed by atoms with Gasteiger partial charge in [-0.25, -0.2) is 9.97 Å². The lowest BCUT2D eigenvalue weighted by atomic mass is 10.3. The Morgan fingerprint density at radius 1 is 1.11 bits per heavy atom. The van der Waals surface area contributed by atoms with E-state index in [0.717, 1.165) is 12.0 Å². The molecule has 19 heavy (non-hydrogen) atoms. The number of aromatic nitrogens is 6. The second-order valence-corrected chi connectivity index (χ2v) is 4.48. The molecule has 0 bridgehead atoms. The summed E-state index contributed by atoms with van der Waals surface area (Å²) < 4.78 is 14.6. The van der Waals surface area contributed by atoms with Gasteiger partial charge in [0.15, 0.2) is 0 Å². The van der Waals surface area contributed by atoms with Crippen molar-refractivity contribution in [3.8, 4) is 5.69 Å². The molecule has 0 spiro atoms. The summed E-state index contributed by atoms with van der Waals surface area (Å²) in [7, 11) is 0. The maximum Gasteiger partial charge on any atom is 0.220 e. The first-order valence-electron chi connectivity index (χ1n) is 5.32. The molecular weight excluding hydrogens is 267 g/mol. The average molecular weight is 274 g/mol. The Morgan fingerprint density at radius 3 is 2.74 bits per heavy atom. The van der Waals surface area contributed by atoms with Gasteiger partial charge in [-0.15, -0.1) is 5.10 Å². The molecule has 0 radical (unpaired) electrons. The van der Waals surface area contributed by atoms with Crippen LogP contribution in [0.1, 0.15) is 0 Å². The second kappa shape index (κ2) is 5.11. The minimum atomic E-state index is -0.587. The van der Waals surface area contributed by atoms with Crippen LogP contribution in [0.2, 0.25) is 0 Å². The van der Waals surface area contributed by atoms with E-state index >= 15 is 0 Å². The lowest BCUT2D eigenvalue weighted by Gasteiger charge is -2.02. The molecule has 0 N–H and O–H groups in total. The normalized spacial score (nSPS) is 10.6. The lowest BCUT2D eigenvalue weighted by Crippen LogP contribution is -1.98. The summed E-state index contributed by atoms with van der Waals surface area (Å²) in [6, 6.07) is 10.7. The van der Waals surface area contributed by atoms with Crippen molar-refractivity contribution in [2.75, 3.05) is 0 Å². The molecule has 0 saturated heterocycles. The number of tetrazole rings is 1. The smallest absolute Gasteiger partial charge is 0.220 e.